The molecule has 5 heteroatoms. The van der Waals surface area contributed by atoms with Gasteiger partial charge in [-0.05, 0) is 25.8 Å². The molecular weight excluding hydrogens is 214 g/mol. The third-order valence-corrected chi connectivity index (χ3v) is 2.98. The van der Waals surface area contributed by atoms with Crippen LogP contribution >= 0.6 is 0 Å². The molecule has 0 spiro atoms. The summed E-state index contributed by atoms with van der Waals surface area (Å²) >= 11 is 0. The molecule has 0 unspecified atom stereocenters. The summed E-state index contributed by atoms with van der Waals surface area (Å²) in [7, 11) is 0. The van der Waals surface area contributed by atoms with Gasteiger partial charge in [-0.3, -0.25) is 4.68 Å². The summed E-state index contributed by atoms with van der Waals surface area (Å²) in [6, 6.07) is 2.61. The predicted molar refractivity (Wildman–Crippen MR) is 66.0 cm³/mol. The van der Waals surface area contributed by atoms with Gasteiger partial charge in [0.15, 0.2) is 0 Å². The molecule has 0 atom stereocenters. The van der Waals surface area contributed by atoms with Crippen molar-refractivity contribution >= 4 is 5.95 Å². The van der Waals surface area contributed by atoms with Crippen LogP contribution in [0.2, 0.25) is 0 Å². The van der Waals surface area contributed by atoms with Crippen LogP contribution in [0, 0.1) is 6.92 Å². The number of nitrogens with zero attached hydrogens (tertiary/aromatic N) is 4. The van der Waals surface area contributed by atoms with E-state index in [0.29, 0.717) is 6.04 Å². The first-order valence-corrected chi connectivity index (χ1v) is 6.10. The number of nitrogens with one attached hydrogen (secondary N) is 1. The Balaban J connectivity index is 1.60. The Hall–Kier alpha value is -1.78. The number of hydrogen-bond acceptors (Lipinski definition) is 3. The second kappa shape index (κ2) is 4.24. The highest BCUT2D eigenvalue weighted by Crippen LogP contribution is 2.37. The second-order valence-electron chi connectivity index (χ2n) is 4.54. The third-order valence-electron chi connectivity index (χ3n) is 2.98. The van der Waals surface area contributed by atoms with Gasteiger partial charge in [-0.1, -0.05) is 0 Å². The van der Waals surface area contributed by atoms with Crippen molar-refractivity contribution in [2.75, 3.05) is 11.9 Å². The lowest BCUT2D eigenvalue weighted by Crippen LogP contribution is -2.13. The minimum Gasteiger partial charge on any atom is -0.354 e. The van der Waals surface area contributed by atoms with Crippen molar-refractivity contribution in [1.29, 1.82) is 0 Å². The zero-order valence-corrected chi connectivity index (χ0v) is 10.0. The number of rotatable bonds is 5. The summed E-state index contributed by atoms with van der Waals surface area (Å²) in [5.74, 6) is 0.997. The van der Waals surface area contributed by atoms with E-state index in [9.17, 15) is 0 Å². The third kappa shape index (κ3) is 2.33. The van der Waals surface area contributed by atoms with Crippen LogP contribution in [0.3, 0.4) is 0 Å². The van der Waals surface area contributed by atoms with Gasteiger partial charge in [-0.15, -0.1) is 0 Å². The molecule has 2 aromatic heterocycles. The molecule has 0 aromatic carbocycles. The molecule has 1 saturated carbocycles. The van der Waals surface area contributed by atoms with E-state index in [0.717, 1.165) is 24.7 Å². The number of imidazole rings is 1. The van der Waals surface area contributed by atoms with Crippen LogP contribution in [-0.4, -0.2) is 25.9 Å². The summed E-state index contributed by atoms with van der Waals surface area (Å²) < 4.78 is 4.18. The van der Waals surface area contributed by atoms with Gasteiger partial charge in [-0.25, -0.2) is 4.98 Å². The standard InChI is InChI=1S/C12H17N5/c1-10-9-17(11-3-4-11)12(15-10)13-6-8-16-7-2-5-14-16/h2,5,7,9,11H,3-4,6,8H2,1H3,(H,13,15). The molecule has 2 heterocycles. The predicted octanol–water partition coefficient (Wildman–Crippen LogP) is 1.84. The van der Waals surface area contributed by atoms with E-state index in [4.69, 9.17) is 0 Å². The molecule has 0 aliphatic heterocycles. The average Bonchev–Trinajstić information content (AvgIpc) is 2.90. The Labute approximate surface area is 100 Å². The molecule has 1 N–H and O–H groups in total. The molecule has 0 bridgehead atoms. The summed E-state index contributed by atoms with van der Waals surface area (Å²) in [5, 5.41) is 7.56. The first kappa shape index (κ1) is 10.4. The zero-order chi connectivity index (χ0) is 11.7. The molecule has 2 aromatic rings. The van der Waals surface area contributed by atoms with E-state index >= 15 is 0 Å². The van der Waals surface area contributed by atoms with E-state index in [1.54, 1.807) is 6.20 Å². The zero-order valence-electron chi connectivity index (χ0n) is 10.0. The first-order valence-electron chi connectivity index (χ1n) is 6.10. The van der Waals surface area contributed by atoms with Crippen molar-refractivity contribution in [1.82, 2.24) is 19.3 Å². The van der Waals surface area contributed by atoms with Crippen molar-refractivity contribution in [2.24, 2.45) is 0 Å². The van der Waals surface area contributed by atoms with E-state index in [1.807, 2.05) is 23.9 Å². The van der Waals surface area contributed by atoms with Gasteiger partial charge < -0.3 is 9.88 Å². The highest BCUT2D eigenvalue weighted by molar-refractivity contribution is 5.30. The van der Waals surface area contributed by atoms with Crippen LogP contribution in [-0.2, 0) is 6.54 Å². The fourth-order valence-electron chi connectivity index (χ4n) is 1.99. The van der Waals surface area contributed by atoms with Gasteiger partial charge in [0, 0.05) is 31.2 Å². The molecular formula is C12H17N5. The monoisotopic (exact) mass is 231 g/mol. The summed E-state index contributed by atoms with van der Waals surface area (Å²) in [6.07, 6.45) is 8.47. The molecule has 90 valence electrons. The van der Waals surface area contributed by atoms with Gasteiger partial charge in [0.25, 0.3) is 0 Å². The first-order chi connectivity index (χ1) is 8.33. The lowest BCUT2D eigenvalue weighted by Gasteiger charge is -2.08. The van der Waals surface area contributed by atoms with Gasteiger partial charge in [0.05, 0.1) is 12.2 Å². The Morgan fingerprint density at radius 3 is 3.06 bits per heavy atom. The van der Waals surface area contributed by atoms with E-state index in [-0.39, 0.29) is 0 Å². The lowest BCUT2D eigenvalue weighted by molar-refractivity contribution is 0.631. The number of hydrogen-bond donors (Lipinski definition) is 1. The summed E-state index contributed by atoms with van der Waals surface area (Å²) in [5.41, 5.74) is 1.08. The maximum absolute atomic E-state index is 4.51. The van der Waals surface area contributed by atoms with E-state index in [1.165, 1.54) is 12.8 Å². The highest BCUT2D eigenvalue weighted by atomic mass is 15.3. The summed E-state index contributed by atoms with van der Waals surface area (Å²) in [6.45, 7) is 3.76. The Bertz CT molecular complexity index is 481. The van der Waals surface area contributed by atoms with Gasteiger partial charge in [0.1, 0.15) is 0 Å². The maximum Gasteiger partial charge on any atom is 0.203 e. The quantitative estimate of drug-likeness (QED) is 0.854. The number of anilines is 1. The SMILES string of the molecule is Cc1cn(C2CC2)c(NCCn2cccn2)n1. The lowest BCUT2D eigenvalue weighted by atomic mass is 10.5. The minimum absolute atomic E-state index is 0.670. The van der Waals surface area contributed by atoms with Gasteiger partial charge in [0.2, 0.25) is 5.95 Å². The van der Waals surface area contributed by atoms with E-state index in [2.05, 4.69) is 26.2 Å². The number of aryl methyl sites for hydroxylation is 1. The Morgan fingerprint density at radius 1 is 1.47 bits per heavy atom. The van der Waals surface area contributed by atoms with Crippen LogP contribution in [0.15, 0.2) is 24.7 Å². The van der Waals surface area contributed by atoms with Crippen LogP contribution < -0.4 is 5.32 Å². The largest absolute Gasteiger partial charge is 0.354 e. The topological polar surface area (TPSA) is 47.7 Å². The smallest absolute Gasteiger partial charge is 0.203 e. The minimum atomic E-state index is 0.670. The molecule has 0 amide bonds. The molecule has 0 radical (unpaired) electrons. The molecule has 5 nitrogen and oxygen atoms in total. The normalized spacial score (nSPS) is 15.1. The summed E-state index contributed by atoms with van der Waals surface area (Å²) in [4.78, 5) is 4.51. The fourth-order valence-corrected chi connectivity index (χ4v) is 1.99. The van der Waals surface area contributed by atoms with Gasteiger partial charge >= 0.3 is 0 Å². The maximum atomic E-state index is 4.51. The van der Waals surface area contributed by atoms with Crippen LogP contribution in [0.1, 0.15) is 24.6 Å². The molecule has 1 aliphatic carbocycles. The van der Waals surface area contributed by atoms with Crippen molar-refractivity contribution in [3.63, 3.8) is 0 Å². The van der Waals surface area contributed by atoms with Crippen LogP contribution in [0.4, 0.5) is 5.95 Å². The van der Waals surface area contributed by atoms with E-state index < -0.39 is 0 Å². The molecule has 0 saturated heterocycles. The Morgan fingerprint density at radius 2 is 2.35 bits per heavy atom. The molecule has 17 heavy (non-hydrogen) atoms. The van der Waals surface area contributed by atoms with Crippen molar-refractivity contribution < 1.29 is 0 Å². The van der Waals surface area contributed by atoms with Gasteiger partial charge in [-0.2, -0.15) is 5.10 Å². The average molecular weight is 231 g/mol. The van der Waals surface area contributed by atoms with Crippen molar-refractivity contribution in [3.05, 3.63) is 30.4 Å². The number of aromatic nitrogens is 4. The molecule has 3 rings (SSSR count). The molecule has 1 fully saturated rings. The molecule has 1 aliphatic rings. The van der Waals surface area contributed by atoms with Crippen molar-refractivity contribution in [2.45, 2.75) is 32.4 Å². The fraction of sp³-hybridized carbons (Fsp3) is 0.500. The van der Waals surface area contributed by atoms with Crippen LogP contribution in [0.5, 0.6) is 0 Å². The highest BCUT2D eigenvalue weighted by Gasteiger charge is 2.25. The second-order valence-corrected chi connectivity index (χ2v) is 4.54. The Kier molecular flexibility index (Phi) is 2.59. The van der Waals surface area contributed by atoms with Crippen LogP contribution in [0.25, 0.3) is 0 Å². The van der Waals surface area contributed by atoms with Crippen molar-refractivity contribution in [3.8, 4) is 0 Å².